The van der Waals surface area contributed by atoms with Crippen LogP contribution in [0.15, 0.2) is 88.8 Å². The van der Waals surface area contributed by atoms with Crippen LogP contribution in [0.4, 0.5) is 0 Å². The third kappa shape index (κ3) is 4.69. The fourth-order valence-electron chi connectivity index (χ4n) is 2.93. The lowest BCUT2D eigenvalue weighted by Gasteiger charge is -2.11. The smallest absolute Gasteiger partial charge is 0.191 e. The lowest BCUT2D eigenvalue weighted by Crippen LogP contribution is -2.05. The van der Waals surface area contributed by atoms with Crippen LogP contribution in [0.5, 0.6) is 0 Å². The van der Waals surface area contributed by atoms with Gasteiger partial charge in [0.05, 0.1) is 0 Å². The van der Waals surface area contributed by atoms with Crippen molar-refractivity contribution in [2.45, 2.75) is 23.9 Å². The Kier molecular flexibility index (Phi) is 6.19. The number of aryl methyl sites for hydroxylation is 1. The van der Waals surface area contributed by atoms with Gasteiger partial charge in [0, 0.05) is 34.7 Å². The molecule has 0 aliphatic carbocycles. The summed E-state index contributed by atoms with van der Waals surface area (Å²) in [6.45, 7) is 0.831. The van der Waals surface area contributed by atoms with Crippen molar-refractivity contribution >= 4 is 27.7 Å². The molecule has 0 N–H and O–H groups in total. The molecule has 140 valence electrons. The van der Waals surface area contributed by atoms with Crippen molar-refractivity contribution in [1.29, 1.82) is 0 Å². The SMILES string of the molecule is Brc1ccc(-c2nnc(SCc3cccnc3)n2CCc2ccccc2)cc1. The molecule has 4 nitrogen and oxygen atoms in total. The van der Waals surface area contributed by atoms with Gasteiger partial charge in [0.15, 0.2) is 11.0 Å². The van der Waals surface area contributed by atoms with Crippen LogP contribution >= 0.6 is 27.7 Å². The molecule has 4 aromatic rings. The zero-order chi connectivity index (χ0) is 19.2. The fraction of sp³-hybridized carbons (Fsp3) is 0.136. The van der Waals surface area contributed by atoms with Crippen LogP contribution in [0, 0.1) is 0 Å². The highest BCUT2D eigenvalue weighted by Crippen LogP contribution is 2.27. The summed E-state index contributed by atoms with van der Waals surface area (Å²) in [6, 6.07) is 22.8. The minimum absolute atomic E-state index is 0.817. The topological polar surface area (TPSA) is 43.6 Å². The zero-order valence-corrected chi connectivity index (χ0v) is 17.6. The second-order valence-corrected chi connectivity index (χ2v) is 8.21. The van der Waals surface area contributed by atoms with E-state index in [1.165, 1.54) is 11.1 Å². The molecule has 0 unspecified atom stereocenters. The number of hydrogen-bond donors (Lipinski definition) is 0. The van der Waals surface area contributed by atoms with Gasteiger partial charge in [-0.25, -0.2) is 0 Å². The molecule has 6 heteroatoms. The first kappa shape index (κ1) is 18.9. The molecular weight excluding hydrogens is 432 g/mol. The summed E-state index contributed by atoms with van der Waals surface area (Å²) in [5.41, 5.74) is 3.55. The van der Waals surface area contributed by atoms with E-state index in [-0.39, 0.29) is 0 Å². The van der Waals surface area contributed by atoms with Crippen LogP contribution in [0.1, 0.15) is 11.1 Å². The Morgan fingerprint density at radius 2 is 1.64 bits per heavy atom. The lowest BCUT2D eigenvalue weighted by atomic mass is 10.1. The van der Waals surface area contributed by atoms with E-state index in [4.69, 9.17) is 0 Å². The van der Waals surface area contributed by atoms with E-state index < -0.39 is 0 Å². The summed E-state index contributed by atoms with van der Waals surface area (Å²) in [4.78, 5) is 4.20. The maximum absolute atomic E-state index is 4.50. The third-order valence-electron chi connectivity index (χ3n) is 4.38. The van der Waals surface area contributed by atoms with Crippen molar-refractivity contribution in [3.63, 3.8) is 0 Å². The maximum atomic E-state index is 4.50. The monoisotopic (exact) mass is 450 g/mol. The standard InChI is InChI=1S/C22H19BrN4S/c23-20-10-8-19(9-11-20)21-25-26-22(28-16-18-7-4-13-24-15-18)27(21)14-12-17-5-2-1-3-6-17/h1-11,13,15H,12,14,16H2. The van der Waals surface area contributed by atoms with Gasteiger partial charge in [-0.1, -0.05) is 76.2 Å². The third-order valence-corrected chi connectivity index (χ3v) is 5.94. The van der Waals surface area contributed by atoms with Crippen LogP contribution in [-0.2, 0) is 18.7 Å². The van der Waals surface area contributed by atoms with Crippen molar-refractivity contribution in [2.75, 3.05) is 0 Å². The molecule has 0 aliphatic heterocycles. The number of benzene rings is 2. The maximum Gasteiger partial charge on any atom is 0.191 e. The van der Waals surface area contributed by atoms with Gasteiger partial charge < -0.3 is 4.57 Å². The van der Waals surface area contributed by atoms with E-state index in [2.05, 4.69) is 78.1 Å². The second kappa shape index (κ2) is 9.17. The molecule has 0 spiro atoms. The highest BCUT2D eigenvalue weighted by Gasteiger charge is 2.14. The highest BCUT2D eigenvalue weighted by molar-refractivity contribution is 9.10. The molecule has 28 heavy (non-hydrogen) atoms. The molecule has 0 saturated carbocycles. The average molecular weight is 451 g/mol. The summed E-state index contributed by atoms with van der Waals surface area (Å²) in [5, 5.41) is 9.92. The molecule has 0 fully saturated rings. The molecule has 0 radical (unpaired) electrons. The van der Waals surface area contributed by atoms with Crippen LogP contribution in [0.2, 0.25) is 0 Å². The first-order valence-corrected chi connectivity index (χ1v) is 10.8. The van der Waals surface area contributed by atoms with Crippen molar-refractivity contribution in [2.24, 2.45) is 0 Å². The number of pyridine rings is 1. The summed E-state index contributed by atoms with van der Waals surface area (Å²) >= 11 is 5.19. The number of rotatable bonds is 7. The van der Waals surface area contributed by atoms with Gasteiger partial charge in [-0.05, 0) is 35.7 Å². The van der Waals surface area contributed by atoms with Crippen LogP contribution in [0.25, 0.3) is 11.4 Å². The molecule has 0 aliphatic rings. The average Bonchev–Trinajstić information content (AvgIpc) is 3.15. The molecule has 0 saturated heterocycles. The number of nitrogens with zero attached hydrogens (tertiary/aromatic N) is 4. The highest BCUT2D eigenvalue weighted by atomic mass is 79.9. The Morgan fingerprint density at radius 3 is 2.39 bits per heavy atom. The van der Waals surface area contributed by atoms with Gasteiger partial charge in [0.1, 0.15) is 0 Å². The Labute approximate surface area is 177 Å². The van der Waals surface area contributed by atoms with E-state index in [1.54, 1.807) is 18.0 Å². The number of aromatic nitrogens is 4. The second-order valence-electron chi connectivity index (χ2n) is 6.35. The molecule has 4 rings (SSSR count). The van der Waals surface area contributed by atoms with Crippen molar-refractivity contribution < 1.29 is 0 Å². The minimum atomic E-state index is 0.817. The predicted molar refractivity (Wildman–Crippen MR) is 117 cm³/mol. The summed E-state index contributed by atoms with van der Waals surface area (Å²) in [7, 11) is 0. The normalized spacial score (nSPS) is 10.9. The minimum Gasteiger partial charge on any atom is -0.302 e. The molecular formula is C22H19BrN4S. The lowest BCUT2D eigenvalue weighted by molar-refractivity contribution is 0.639. The van der Waals surface area contributed by atoms with Gasteiger partial charge in [-0.2, -0.15) is 0 Å². The van der Waals surface area contributed by atoms with Crippen LogP contribution in [0.3, 0.4) is 0 Å². The van der Waals surface area contributed by atoms with Crippen molar-refractivity contribution in [3.05, 3.63) is 94.7 Å². The van der Waals surface area contributed by atoms with Gasteiger partial charge in [-0.3, -0.25) is 4.98 Å². The first-order chi connectivity index (χ1) is 13.8. The summed E-state index contributed by atoms with van der Waals surface area (Å²) < 4.78 is 3.27. The fourth-order valence-corrected chi connectivity index (χ4v) is 4.09. The molecule has 2 aromatic heterocycles. The van der Waals surface area contributed by atoms with Gasteiger partial charge in [0.2, 0.25) is 0 Å². The molecule has 0 amide bonds. The van der Waals surface area contributed by atoms with E-state index in [0.717, 1.165) is 39.7 Å². The summed E-state index contributed by atoms with van der Waals surface area (Å²) in [6.07, 6.45) is 4.62. The largest absolute Gasteiger partial charge is 0.302 e. The van der Waals surface area contributed by atoms with Gasteiger partial charge >= 0.3 is 0 Å². The number of halogens is 1. The van der Waals surface area contributed by atoms with E-state index in [9.17, 15) is 0 Å². The van der Waals surface area contributed by atoms with Gasteiger partial charge in [0.25, 0.3) is 0 Å². The van der Waals surface area contributed by atoms with Crippen LogP contribution < -0.4 is 0 Å². The Bertz CT molecular complexity index is 1020. The number of thioether (sulfide) groups is 1. The van der Waals surface area contributed by atoms with Crippen LogP contribution in [-0.4, -0.2) is 19.7 Å². The Hall–Kier alpha value is -2.44. The van der Waals surface area contributed by atoms with E-state index >= 15 is 0 Å². The van der Waals surface area contributed by atoms with Crippen molar-refractivity contribution in [1.82, 2.24) is 19.7 Å². The van der Waals surface area contributed by atoms with Crippen molar-refractivity contribution in [3.8, 4) is 11.4 Å². The molecule has 2 aromatic carbocycles. The predicted octanol–water partition coefficient (Wildman–Crippen LogP) is 5.64. The van der Waals surface area contributed by atoms with E-state index in [1.807, 2.05) is 30.5 Å². The zero-order valence-electron chi connectivity index (χ0n) is 15.2. The molecule has 0 atom stereocenters. The first-order valence-electron chi connectivity index (χ1n) is 9.04. The summed E-state index contributed by atoms with van der Waals surface area (Å²) in [5.74, 6) is 1.72. The number of hydrogen-bond acceptors (Lipinski definition) is 4. The quantitative estimate of drug-likeness (QED) is 0.341. The Morgan fingerprint density at radius 1 is 0.857 bits per heavy atom. The molecule has 2 heterocycles. The Balaban J connectivity index is 1.60. The van der Waals surface area contributed by atoms with E-state index in [0.29, 0.717) is 0 Å². The molecule has 0 bridgehead atoms. The van der Waals surface area contributed by atoms with Gasteiger partial charge in [-0.15, -0.1) is 10.2 Å².